The van der Waals surface area contributed by atoms with Crippen molar-refractivity contribution in [2.75, 3.05) is 5.32 Å². The van der Waals surface area contributed by atoms with Gasteiger partial charge < -0.3 is 14.6 Å². The highest BCUT2D eigenvalue weighted by atomic mass is 16.5. The summed E-state index contributed by atoms with van der Waals surface area (Å²) in [5.41, 5.74) is 1.77. The summed E-state index contributed by atoms with van der Waals surface area (Å²) in [6.45, 7) is 1.82. The molecule has 0 bridgehead atoms. The van der Waals surface area contributed by atoms with E-state index in [1.54, 1.807) is 18.5 Å². The number of hydrogen-bond acceptors (Lipinski definition) is 6. The van der Waals surface area contributed by atoms with Gasteiger partial charge >= 0.3 is 0 Å². The minimum absolute atomic E-state index is 0.132. The molecule has 8 nitrogen and oxygen atoms in total. The predicted octanol–water partition coefficient (Wildman–Crippen LogP) is 3.00. The van der Waals surface area contributed by atoms with Crippen molar-refractivity contribution in [3.63, 3.8) is 0 Å². The topological polar surface area (TPSA) is 106 Å². The fourth-order valence-electron chi connectivity index (χ4n) is 3.39. The van der Waals surface area contributed by atoms with Gasteiger partial charge in [0.1, 0.15) is 11.5 Å². The molecule has 0 spiro atoms. The minimum Gasteiger partial charge on any atom is -0.489 e. The molecule has 0 aliphatic heterocycles. The maximum absolute atomic E-state index is 12.1. The molecule has 1 amide bonds. The number of pyridine rings is 1. The Morgan fingerprint density at radius 2 is 2.33 bits per heavy atom. The maximum Gasteiger partial charge on any atom is 0.233 e. The van der Waals surface area contributed by atoms with E-state index in [-0.39, 0.29) is 18.4 Å². The van der Waals surface area contributed by atoms with Crippen molar-refractivity contribution in [2.45, 2.75) is 44.6 Å². The van der Waals surface area contributed by atoms with Gasteiger partial charge in [-0.2, -0.15) is 5.10 Å². The lowest BCUT2D eigenvalue weighted by atomic mass is 10.0. The van der Waals surface area contributed by atoms with Gasteiger partial charge in [0.2, 0.25) is 5.91 Å². The summed E-state index contributed by atoms with van der Waals surface area (Å²) in [6.07, 6.45) is 6.65. The molecule has 2 N–H and O–H groups in total. The van der Waals surface area contributed by atoms with Gasteiger partial charge in [-0.15, -0.1) is 0 Å². The summed E-state index contributed by atoms with van der Waals surface area (Å²) in [4.78, 5) is 16.2. The number of nitrogens with zero attached hydrogens (tertiary/aromatic N) is 3. The summed E-state index contributed by atoms with van der Waals surface area (Å²) < 4.78 is 11.0. The predicted molar refractivity (Wildman–Crippen MR) is 97.4 cm³/mol. The monoisotopic (exact) mass is 367 g/mol. The maximum atomic E-state index is 12.1. The third-order valence-corrected chi connectivity index (χ3v) is 4.64. The SMILES string of the molecule is Cc1cc(CC(=O)Nc2cc([C@@H]3CC[C@H](Oc4cccnc4)C3)[nH]n2)on1. The van der Waals surface area contributed by atoms with Gasteiger partial charge in [-0.05, 0) is 38.3 Å². The van der Waals surface area contributed by atoms with Crippen LogP contribution >= 0.6 is 0 Å². The van der Waals surface area contributed by atoms with Crippen LogP contribution in [-0.2, 0) is 11.2 Å². The van der Waals surface area contributed by atoms with Crippen molar-refractivity contribution in [1.29, 1.82) is 0 Å². The van der Waals surface area contributed by atoms with Crippen LogP contribution < -0.4 is 10.1 Å². The number of nitrogens with one attached hydrogen (secondary N) is 2. The van der Waals surface area contributed by atoms with E-state index >= 15 is 0 Å². The second-order valence-electron chi connectivity index (χ2n) is 6.81. The average molecular weight is 367 g/mol. The summed E-state index contributed by atoms with van der Waals surface area (Å²) >= 11 is 0. The number of aryl methyl sites for hydroxylation is 1. The Balaban J connectivity index is 1.31. The number of carbonyl (C=O) groups is 1. The first-order valence-corrected chi connectivity index (χ1v) is 9.00. The van der Waals surface area contributed by atoms with Crippen molar-refractivity contribution < 1.29 is 14.1 Å². The molecule has 8 heteroatoms. The zero-order valence-corrected chi connectivity index (χ0v) is 15.0. The summed E-state index contributed by atoms with van der Waals surface area (Å²) in [6, 6.07) is 7.42. The van der Waals surface area contributed by atoms with Gasteiger partial charge in [0.25, 0.3) is 0 Å². The van der Waals surface area contributed by atoms with E-state index in [2.05, 4.69) is 25.7 Å². The molecule has 140 valence electrons. The van der Waals surface area contributed by atoms with E-state index in [0.29, 0.717) is 17.5 Å². The Morgan fingerprint density at radius 1 is 1.41 bits per heavy atom. The molecule has 0 unspecified atom stereocenters. The van der Waals surface area contributed by atoms with Gasteiger partial charge in [0, 0.05) is 29.9 Å². The fraction of sp³-hybridized carbons (Fsp3) is 0.368. The van der Waals surface area contributed by atoms with Crippen molar-refractivity contribution in [1.82, 2.24) is 20.3 Å². The molecule has 3 heterocycles. The van der Waals surface area contributed by atoms with E-state index in [4.69, 9.17) is 9.26 Å². The third kappa shape index (κ3) is 4.33. The smallest absolute Gasteiger partial charge is 0.233 e. The number of H-pyrrole nitrogens is 1. The Kier molecular flexibility index (Phi) is 4.86. The van der Waals surface area contributed by atoms with Crippen LogP contribution in [0.15, 0.2) is 41.2 Å². The van der Waals surface area contributed by atoms with Gasteiger partial charge in [-0.1, -0.05) is 5.16 Å². The van der Waals surface area contributed by atoms with Crippen LogP contribution in [0.3, 0.4) is 0 Å². The Hall–Kier alpha value is -3.16. The molecule has 1 saturated carbocycles. The first-order valence-electron chi connectivity index (χ1n) is 9.00. The lowest BCUT2D eigenvalue weighted by Gasteiger charge is -2.13. The normalized spacial score (nSPS) is 19.1. The van der Waals surface area contributed by atoms with E-state index < -0.39 is 0 Å². The zero-order chi connectivity index (χ0) is 18.6. The molecule has 2 atom stereocenters. The molecule has 3 aromatic rings. The fourth-order valence-corrected chi connectivity index (χ4v) is 3.39. The zero-order valence-electron chi connectivity index (χ0n) is 15.0. The highest BCUT2D eigenvalue weighted by Gasteiger charge is 2.29. The molecular weight excluding hydrogens is 346 g/mol. The van der Waals surface area contributed by atoms with Crippen LogP contribution in [0.2, 0.25) is 0 Å². The molecule has 3 aromatic heterocycles. The van der Waals surface area contributed by atoms with Crippen molar-refractivity contribution >= 4 is 11.7 Å². The molecule has 0 saturated heterocycles. The standard InChI is InChI=1S/C19H21N5O3/c1-12-7-16(27-24-12)9-19(25)21-18-10-17(22-23-18)13-4-5-14(8-13)26-15-3-2-6-20-11-15/h2-3,6-7,10-11,13-14H,4-5,8-9H2,1H3,(H2,21,22,23,25)/t13-,14+/m1/s1. The quantitative estimate of drug-likeness (QED) is 0.694. The molecule has 1 fully saturated rings. The van der Waals surface area contributed by atoms with Crippen LogP contribution in [0, 0.1) is 6.92 Å². The molecule has 1 aliphatic rings. The van der Waals surface area contributed by atoms with E-state index in [1.807, 2.05) is 25.1 Å². The van der Waals surface area contributed by atoms with E-state index in [9.17, 15) is 4.79 Å². The number of amides is 1. The molecule has 1 aliphatic carbocycles. The first kappa shape index (κ1) is 17.3. The number of carbonyl (C=O) groups excluding carboxylic acids is 1. The number of aromatic nitrogens is 4. The Bertz CT molecular complexity index is 905. The van der Waals surface area contributed by atoms with Gasteiger partial charge in [-0.25, -0.2) is 0 Å². The number of rotatable bonds is 6. The van der Waals surface area contributed by atoms with Crippen LogP contribution in [0.5, 0.6) is 5.75 Å². The summed E-state index contributed by atoms with van der Waals surface area (Å²) in [7, 11) is 0. The highest BCUT2D eigenvalue weighted by Crippen LogP contribution is 2.36. The third-order valence-electron chi connectivity index (χ3n) is 4.64. The molecule has 0 radical (unpaired) electrons. The average Bonchev–Trinajstić information content (AvgIpc) is 3.38. The molecule has 4 rings (SSSR count). The second kappa shape index (κ2) is 7.61. The first-order chi connectivity index (χ1) is 13.2. The van der Waals surface area contributed by atoms with Crippen LogP contribution in [0.1, 0.15) is 42.3 Å². The van der Waals surface area contributed by atoms with E-state index in [1.165, 1.54) is 0 Å². The van der Waals surface area contributed by atoms with Crippen LogP contribution in [0.25, 0.3) is 0 Å². The molecular formula is C19H21N5O3. The Morgan fingerprint density at radius 3 is 3.11 bits per heavy atom. The largest absolute Gasteiger partial charge is 0.489 e. The molecule has 0 aromatic carbocycles. The minimum atomic E-state index is -0.187. The van der Waals surface area contributed by atoms with Crippen LogP contribution in [-0.4, -0.2) is 32.3 Å². The van der Waals surface area contributed by atoms with Gasteiger partial charge in [0.05, 0.1) is 24.4 Å². The van der Waals surface area contributed by atoms with E-state index in [0.717, 1.165) is 36.4 Å². The number of hydrogen-bond donors (Lipinski definition) is 2. The summed E-state index contributed by atoms with van der Waals surface area (Å²) in [5, 5.41) is 13.8. The van der Waals surface area contributed by atoms with Crippen LogP contribution in [0.4, 0.5) is 5.82 Å². The lowest BCUT2D eigenvalue weighted by molar-refractivity contribution is -0.115. The molecule has 27 heavy (non-hydrogen) atoms. The van der Waals surface area contributed by atoms with Gasteiger partial charge in [-0.3, -0.25) is 14.9 Å². The van der Waals surface area contributed by atoms with Crippen molar-refractivity contribution in [3.05, 3.63) is 53.8 Å². The number of anilines is 1. The number of ether oxygens (including phenoxy) is 1. The van der Waals surface area contributed by atoms with Gasteiger partial charge in [0.15, 0.2) is 5.82 Å². The lowest BCUT2D eigenvalue weighted by Crippen LogP contribution is -2.14. The second-order valence-corrected chi connectivity index (χ2v) is 6.81. The Labute approximate surface area is 156 Å². The summed E-state index contributed by atoms with van der Waals surface area (Å²) in [5.74, 6) is 1.99. The highest BCUT2D eigenvalue weighted by molar-refractivity contribution is 5.91. The van der Waals surface area contributed by atoms with Crippen molar-refractivity contribution in [3.8, 4) is 5.75 Å². The van der Waals surface area contributed by atoms with Crippen molar-refractivity contribution in [2.24, 2.45) is 0 Å². The number of aromatic amines is 1.